The van der Waals surface area contributed by atoms with Gasteiger partial charge in [-0.15, -0.1) is 0 Å². The fourth-order valence-electron chi connectivity index (χ4n) is 1.50. The van der Waals surface area contributed by atoms with E-state index in [1.807, 2.05) is 26.0 Å². The van der Waals surface area contributed by atoms with Crippen molar-refractivity contribution in [1.29, 1.82) is 0 Å². The predicted molar refractivity (Wildman–Crippen MR) is 65.1 cm³/mol. The number of amides is 1. The van der Waals surface area contributed by atoms with Crippen LogP contribution >= 0.6 is 0 Å². The van der Waals surface area contributed by atoms with Crippen LogP contribution in [0.2, 0.25) is 0 Å². The lowest BCUT2D eigenvalue weighted by Crippen LogP contribution is -2.48. The Morgan fingerprint density at radius 3 is 2.88 bits per heavy atom. The van der Waals surface area contributed by atoms with E-state index in [4.69, 9.17) is 5.73 Å². The minimum atomic E-state index is -0.833. The van der Waals surface area contributed by atoms with E-state index in [1.165, 1.54) is 0 Å². The van der Waals surface area contributed by atoms with E-state index in [0.29, 0.717) is 12.2 Å². The van der Waals surface area contributed by atoms with Gasteiger partial charge in [0.05, 0.1) is 5.54 Å². The molecule has 0 spiro atoms. The number of carbonyl (C=O) groups excluding carboxylic acids is 1. The summed E-state index contributed by atoms with van der Waals surface area (Å²) in [6.45, 7) is 5.69. The number of nitrogens with zero attached hydrogens (tertiary/aromatic N) is 1. The van der Waals surface area contributed by atoms with Crippen molar-refractivity contribution >= 4 is 11.7 Å². The Balaban J connectivity index is 2.71. The average molecular weight is 221 g/mol. The average Bonchev–Trinajstić information content (AvgIpc) is 2.17. The number of carbonyl (C=O) groups is 1. The Kier molecular flexibility index (Phi) is 4.01. The minimum Gasteiger partial charge on any atom is -0.318 e. The SMILES string of the molecule is CCCC(C)(N)C(=O)Nc1cc(C)ccn1. The molecular formula is C12H19N3O. The number of pyridine rings is 1. The van der Waals surface area contributed by atoms with Crippen LogP contribution in [0.5, 0.6) is 0 Å². The largest absolute Gasteiger partial charge is 0.318 e. The lowest BCUT2D eigenvalue weighted by molar-refractivity contribution is -0.120. The molecule has 0 saturated carbocycles. The highest BCUT2D eigenvalue weighted by molar-refractivity contribution is 5.96. The number of rotatable bonds is 4. The summed E-state index contributed by atoms with van der Waals surface area (Å²) >= 11 is 0. The summed E-state index contributed by atoms with van der Waals surface area (Å²) in [6, 6.07) is 3.70. The molecule has 1 unspecified atom stereocenters. The summed E-state index contributed by atoms with van der Waals surface area (Å²) in [5.41, 5.74) is 6.14. The van der Waals surface area contributed by atoms with Gasteiger partial charge in [-0.1, -0.05) is 13.3 Å². The molecule has 16 heavy (non-hydrogen) atoms. The number of hydrogen-bond acceptors (Lipinski definition) is 3. The Morgan fingerprint density at radius 2 is 2.31 bits per heavy atom. The first-order valence-electron chi connectivity index (χ1n) is 5.48. The van der Waals surface area contributed by atoms with E-state index in [0.717, 1.165) is 12.0 Å². The monoisotopic (exact) mass is 221 g/mol. The first kappa shape index (κ1) is 12.6. The summed E-state index contributed by atoms with van der Waals surface area (Å²) < 4.78 is 0. The van der Waals surface area contributed by atoms with Crippen molar-refractivity contribution < 1.29 is 4.79 Å². The molecule has 88 valence electrons. The molecule has 0 aliphatic rings. The fourth-order valence-corrected chi connectivity index (χ4v) is 1.50. The molecule has 0 aliphatic carbocycles. The maximum Gasteiger partial charge on any atom is 0.245 e. The normalized spacial score (nSPS) is 14.2. The molecule has 0 saturated heterocycles. The van der Waals surface area contributed by atoms with Gasteiger partial charge in [0.2, 0.25) is 5.91 Å². The van der Waals surface area contributed by atoms with Gasteiger partial charge in [0, 0.05) is 6.20 Å². The molecule has 1 heterocycles. The summed E-state index contributed by atoms with van der Waals surface area (Å²) in [6.07, 6.45) is 3.20. The third kappa shape index (κ3) is 3.31. The van der Waals surface area contributed by atoms with E-state index >= 15 is 0 Å². The molecule has 1 atom stereocenters. The summed E-state index contributed by atoms with van der Waals surface area (Å²) in [4.78, 5) is 15.9. The highest BCUT2D eigenvalue weighted by Gasteiger charge is 2.27. The number of anilines is 1. The van der Waals surface area contributed by atoms with Crippen LogP contribution in [0.4, 0.5) is 5.82 Å². The quantitative estimate of drug-likeness (QED) is 0.815. The third-order valence-electron chi connectivity index (χ3n) is 2.45. The van der Waals surface area contributed by atoms with Crippen molar-refractivity contribution in [3.05, 3.63) is 23.9 Å². The fraction of sp³-hybridized carbons (Fsp3) is 0.500. The number of aromatic nitrogens is 1. The molecule has 0 radical (unpaired) electrons. The highest BCUT2D eigenvalue weighted by atomic mass is 16.2. The topological polar surface area (TPSA) is 68.0 Å². The number of aryl methyl sites for hydroxylation is 1. The van der Waals surface area contributed by atoms with Gasteiger partial charge in [-0.25, -0.2) is 4.98 Å². The lowest BCUT2D eigenvalue weighted by atomic mass is 9.96. The van der Waals surface area contributed by atoms with E-state index in [2.05, 4.69) is 10.3 Å². The van der Waals surface area contributed by atoms with Gasteiger partial charge in [0.25, 0.3) is 0 Å². The van der Waals surface area contributed by atoms with Gasteiger partial charge >= 0.3 is 0 Å². The molecule has 4 nitrogen and oxygen atoms in total. The van der Waals surface area contributed by atoms with Crippen molar-refractivity contribution in [2.45, 2.75) is 39.2 Å². The number of nitrogens with two attached hydrogens (primary N) is 1. The third-order valence-corrected chi connectivity index (χ3v) is 2.45. The van der Waals surface area contributed by atoms with Crippen molar-refractivity contribution in [2.24, 2.45) is 5.73 Å². The molecule has 1 aromatic heterocycles. The van der Waals surface area contributed by atoms with Crippen LogP contribution in [-0.4, -0.2) is 16.4 Å². The van der Waals surface area contributed by atoms with Crippen LogP contribution in [0.15, 0.2) is 18.3 Å². The summed E-state index contributed by atoms with van der Waals surface area (Å²) in [7, 11) is 0. The van der Waals surface area contributed by atoms with Crippen LogP contribution in [0.25, 0.3) is 0 Å². The molecule has 0 fully saturated rings. The van der Waals surface area contributed by atoms with Gasteiger partial charge in [-0.2, -0.15) is 0 Å². The second-order valence-corrected chi connectivity index (χ2v) is 4.34. The van der Waals surface area contributed by atoms with Gasteiger partial charge in [0.15, 0.2) is 0 Å². The van der Waals surface area contributed by atoms with E-state index in [-0.39, 0.29) is 5.91 Å². The maximum absolute atomic E-state index is 11.9. The molecule has 0 bridgehead atoms. The highest BCUT2D eigenvalue weighted by Crippen LogP contribution is 2.12. The van der Waals surface area contributed by atoms with Crippen molar-refractivity contribution in [3.8, 4) is 0 Å². The molecule has 1 rings (SSSR count). The maximum atomic E-state index is 11.9. The Morgan fingerprint density at radius 1 is 1.62 bits per heavy atom. The predicted octanol–water partition coefficient (Wildman–Crippen LogP) is 1.85. The first-order chi connectivity index (χ1) is 7.45. The second-order valence-electron chi connectivity index (χ2n) is 4.34. The van der Waals surface area contributed by atoms with Gasteiger partial charge in [-0.3, -0.25) is 4.79 Å². The Bertz CT molecular complexity index is 374. The Labute approximate surface area is 96.3 Å². The smallest absolute Gasteiger partial charge is 0.245 e. The first-order valence-corrected chi connectivity index (χ1v) is 5.48. The van der Waals surface area contributed by atoms with Crippen LogP contribution < -0.4 is 11.1 Å². The van der Waals surface area contributed by atoms with Crippen LogP contribution in [0, 0.1) is 6.92 Å². The van der Waals surface area contributed by atoms with Crippen LogP contribution in [0.1, 0.15) is 32.3 Å². The molecule has 0 aromatic carbocycles. The van der Waals surface area contributed by atoms with Crippen molar-refractivity contribution in [2.75, 3.05) is 5.32 Å². The van der Waals surface area contributed by atoms with Gasteiger partial charge in [0.1, 0.15) is 5.82 Å². The standard InChI is InChI=1S/C12H19N3O/c1-4-6-12(3,13)11(16)15-10-8-9(2)5-7-14-10/h5,7-8H,4,6,13H2,1-3H3,(H,14,15,16). The minimum absolute atomic E-state index is 0.188. The number of nitrogens with one attached hydrogen (secondary N) is 1. The van der Waals surface area contributed by atoms with Crippen molar-refractivity contribution in [1.82, 2.24) is 4.98 Å². The van der Waals surface area contributed by atoms with E-state index in [9.17, 15) is 4.79 Å². The number of hydrogen-bond donors (Lipinski definition) is 2. The van der Waals surface area contributed by atoms with Crippen molar-refractivity contribution in [3.63, 3.8) is 0 Å². The second kappa shape index (κ2) is 5.07. The van der Waals surface area contributed by atoms with Crippen LogP contribution in [-0.2, 0) is 4.79 Å². The molecule has 4 heteroatoms. The lowest BCUT2D eigenvalue weighted by Gasteiger charge is -2.22. The summed E-state index contributed by atoms with van der Waals surface area (Å²) in [5.74, 6) is 0.366. The summed E-state index contributed by atoms with van der Waals surface area (Å²) in [5, 5.41) is 2.73. The van der Waals surface area contributed by atoms with Gasteiger partial charge in [-0.05, 0) is 38.0 Å². The molecule has 1 amide bonds. The Hall–Kier alpha value is -1.42. The zero-order chi connectivity index (χ0) is 12.2. The molecule has 1 aromatic rings. The van der Waals surface area contributed by atoms with Crippen LogP contribution in [0.3, 0.4) is 0 Å². The van der Waals surface area contributed by atoms with Gasteiger partial charge < -0.3 is 11.1 Å². The molecule has 3 N–H and O–H groups in total. The van der Waals surface area contributed by atoms with E-state index < -0.39 is 5.54 Å². The molecular weight excluding hydrogens is 202 g/mol. The zero-order valence-corrected chi connectivity index (χ0v) is 10.1. The molecule has 0 aliphatic heterocycles. The zero-order valence-electron chi connectivity index (χ0n) is 10.1. The van der Waals surface area contributed by atoms with E-state index in [1.54, 1.807) is 13.1 Å².